The number of hydrogen-bond acceptors (Lipinski definition) is 3. The molecule has 1 aliphatic rings. The fourth-order valence-electron chi connectivity index (χ4n) is 1.74. The molecule has 0 bridgehead atoms. The van der Waals surface area contributed by atoms with Crippen LogP contribution in [0.5, 0.6) is 0 Å². The number of thiazole rings is 1. The zero-order valence-electron chi connectivity index (χ0n) is 8.69. The van der Waals surface area contributed by atoms with Gasteiger partial charge in [-0.3, -0.25) is 4.79 Å². The van der Waals surface area contributed by atoms with Crippen LogP contribution in [0.1, 0.15) is 36.7 Å². The molecule has 0 radical (unpaired) electrons. The predicted molar refractivity (Wildman–Crippen MR) is 61.0 cm³/mol. The lowest BCUT2D eigenvalue weighted by atomic mass is 9.87. The second-order valence-electron chi connectivity index (χ2n) is 4.10. The van der Waals surface area contributed by atoms with Crippen LogP contribution < -0.4 is 5.32 Å². The molecule has 80 valence electrons. The number of carbonyl (C=O) groups excluding carboxylic acids is 1. The van der Waals surface area contributed by atoms with Gasteiger partial charge in [-0.15, -0.1) is 11.3 Å². The van der Waals surface area contributed by atoms with Gasteiger partial charge in [0.25, 0.3) is 5.91 Å². The van der Waals surface area contributed by atoms with Crippen molar-refractivity contribution in [1.82, 2.24) is 10.3 Å². The van der Waals surface area contributed by atoms with Crippen molar-refractivity contribution < 1.29 is 4.79 Å². The first-order valence-electron chi connectivity index (χ1n) is 5.05. The molecular formula is C11H14N2OS. The Balaban J connectivity index is 2.02. The van der Waals surface area contributed by atoms with Crippen LogP contribution in [-0.4, -0.2) is 16.4 Å². The first-order valence-corrected chi connectivity index (χ1v) is 6.00. The topological polar surface area (TPSA) is 42.0 Å². The molecular weight excluding hydrogens is 208 g/mol. The molecule has 0 aromatic carbocycles. The Morgan fingerprint density at radius 3 is 3.07 bits per heavy atom. The Morgan fingerprint density at radius 2 is 2.47 bits per heavy atom. The van der Waals surface area contributed by atoms with Gasteiger partial charge in [-0.25, -0.2) is 4.98 Å². The lowest BCUT2D eigenvalue weighted by molar-refractivity contribution is 0.0896. The van der Waals surface area contributed by atoms with Gasteiger partial charge in [0.05, 0.1) is 5.51 Å². The minimum atomic E-state index is -0.102. The van der Waals surface area contributed by atoms with E-state index in [0.29, 0.717) is 5.69 Å². The molecule has 0 saturated carbocycles. The molecule has 0 aliphatic heterocycles. The SMILES string of the molecule is CC1(NC(=O)c2cscn2)CC=CCC1. The minimum absolute atomic E-state index is 0.0611. The zero-order chi connectivity index (χ0) is 10.7. The number of hydrogen-bond donors (Lipinski definition) is 1. The summed E-state index contributed by atoms with van der Waals surface area (Å²) in [6, 6.07) is 0. The van der Waals surface area contributed by atoms with Crippen LogP contribution in [0.15, 0.2) is 23.0 Å². The second kappa shape index (κ2) is 4.14. The van der Waals surface area contributed by atoms with E-state index in [1.54, 1.807) is 10.9 Å². The van der Waals surface area contributed by atoms with Crippen LogP contribution in [-0.2, 0) is 0 Å². The zero-order valence-corrected chi connectivity index (χ0v) is 9.51. The number of aromatic nitrogens is 1. The van der Waals surface area contributed by atoms with Crippen molar-refractivity contribution in [3.8, 4) is 0 Å². The van der Waals surface area contributed by atoms with E-state index in [1.165, 1.54) is 11.3 Å². The fraction of sp³-hybridized carbons (Fsp3) is 0.455. The molecule has 4 heteroatoms. The normalized spacial score (nSPS) is 25.1. The maximum atomic E-state index is 11.8. The van der Waals surface area contributed by atoms with Crippen LogP contribution in [0.25, 0.3) is 0 Å². The highest BCUT2D eigenvalue weighted by atomic mass is 32.1. The van der Waals surface area contributed by atoms with E-state index in [0.717, 1.165) is 19.3 Å². The standard InChI is InChI=1S/C11H14N2OS/c1-11(5-3-2-4-6-11)13-10(14)9-7-15-8-12-9/h2-3,7-8H,4-6H2,1H3,(H,13,14). The molecule has 1 amide bonds. The molecule has 1 aromatic rings. The van der Waals surface area contributed by atoms with Gasteiger partial charge < -0.3 is 5.32 Å². The first kappa shape index (κ1) is 10.4. The molecule has 0 spiro atoms. The van der Waals surface area contributed by atoms with Crippen LogP contribution in [0.4, 0.5) is 0 Å². The van der Waals surface area contributed by atoms with E-state index in [2.05, 4.69) is 29.4 Å². The summed E-state index contributed by atoms with van der Waals surface area (Å²) in [6.07, 6.45) is 7.23. The third-order valence-corrected chi connectivity index (χ3v) is 3.26. The summed E-state index contributed by atoms with van der Waals surface area (Å²) in [5.41, 5.74) is 2.10. The number of rotatable bonds is 2. The number of nitrogens with zero attached hydrogens (tertiary/aromatic N) is 1. The molecule has 0 saturated heterocycles. The molecule has 1 atom stereocenters. The summed E-state index contributed by atoms with van der Waals surface area (Å²) in [7, 11) is 0. The fourth-order valence-corrected chi connectivity index (χ4v) is 2.27. The van der Waals surface area contributed by atoms with Crippen LogP contribution in [0.3, 0.4) is 0 Å². The average molecular weight is 222 g/mol. The van der Waals surface area contributed by atoms with E-state index in [4.69, 9.17) is 0 Å². The summed E-state index contributed by atoms with van der Waals surface area (Å²) in [5.74, 6) is -0.0611. The van der Waals surface area contributed by atoms with Crippen molar-refractivity contribution in [2.24, 2.45) is 0 Å². The predicted octanol–water partition coefficient (Wildman–Crippen LogP) is 2.37. The highest BCUT2D eigenvalue weighted by Gasteiger charge is 2.27. The Kier molecular flexibility index (Phi) is 2.86. The van der Waals surface area contributed by atoms with E-state index < -0.39 is 0 Å². The van der Waals surface area contributed by atoms with Gasteiger partial charge in [-0.2, -0.15) is 0 Å². The second-order valence-corrected chi connectivity index (χ2v) is 4.82. The van der Waals surface area contributed by atoms with E-state index in [9.17, 15) is 4.79 Å². The quantitative estimate of drug-likeness (QED) is 0.781. The van der Waals surface area contributed by atoms with E-state index in [1.807, 2.05) is 0 Å². The molecule has 1 aromatic heterocycles. The highest BCUT2D eigenvalue weighted by Crippen LogP contribution is 2.23. The molecule has 2 rings (SSSR count). The molecule has 1 aliphatic carbocycles. The van der Waals surface area contributed by atoms with Gasteiger partial charge in [0, 0.05) is 10.9 Å². The first-order chi connectivity index (χ1) is 7.20. The maximum absolute atomic E-state index is 11.8. The Hall–Kier alpha value is -1.16. The monoisotopic (exact) mass is 222 g/mol. The van der Waals surface area contributed by atoms with Gasteiger partial charge >= 0.3 is 0 Å². The van der Waals surface area contributed by atoms with Crippen LogP contribution in [0, 0.1) is 0 Å². The number of allylic oxidation sites excluding steroid dienone is 1. The van der Waals surface area contributed by atoms with Gasteiger partial charge in [-0.1, -0.05) is 12.2 Å². The average Bonchev–Trinajstić information content (AvgIpc) is 2.70. The van der Waals surface area contributed by atoms with E-state index >= 15 is 0 Å². The van der Waals surface area contributed by atoms with Gasteiger partial charge in [0.15, 0.2) is 0 Å². The van der Waals surface area contributed by atoms with E-state index in [-0.39, 0.29) is 11.4 Å². The van der Waals surface area contributed by atoms with Crippen LogP contribution in [0.2, 0.25) is 0 Å². The number of nitrogens with one attached hydrogen (secondary N) is 1. The largest absolute Gasteiger partial charge is 0.345 e. The highest BCUT2D eigenvalue weighted by molar-refractivity contribution is 7.07. The lowest BCUT2D eigenvalue weighted by Gasteiger charge is -2.31. The Labute approximate surface area is 93.2 Å². The number of carbonyl (C=O) groups is 1. The number of amides is 1. The molecule has 1 heterocycles. The van der Waals surface area contributed by atoms with Gasteiger partial charge in [0.1, 0.15) is 5.69 Å². The molecule has 1 unspecified atom stereocenters. The van der Waals surface area contributed by atoms with Gasteiger partial charge in [0.2, 0.25) is 0 Å². The minimum Gasteiger partial charge on any atom is -0.345 e. The van der Waals surface area contributed by atoms with Crippen molar-refractivity contribution in [3.63, 3.8) is 0 Å². The molecule has 3 nitrogen and oxygen atoms in total. The van der Waals surface area contributed by atoms with Crippen LogP contribution >= 0.6 is 11.3 Å². The Morgan fingerprint density at radius 1 is 1.60 bits per heavy atom. The third-order valence-electron chi connectivity index (χ3n) is 2.68. The summed E-state index contributed by atoms with van der Waals surface area (Å²) in [6.45, 7) is 2.08. The van der Waals surface area contributed by atoms with Crippen molar-refractivity contribution in [3.05, 3.63) is 28.7 Å². The van der Waals surface area contributed by atoms with Crippen molar-refractivity contribution in [2.75, 3.05) is 0 Å². The maximum Gasteiger partial charge on any atom is 0.271 e. The summed E-state index contributed by atoms with van der Waals surface area (Å²) < 4.78 is 0. The van der Waals surface area contributed by atoms with Gasteiger partial charge in [-0.05, 0) is 26.2 Å². The molecule has 15 heavy (non-hydrogen) atoms. The molecule has 0 fully saturated rings. The lowest BCUT2D eigenvalue weighted by Crippen LogP contribution is -2.46. The Bertz CT molecular complexity index is 372. The smallest absolute Gasteiger partial charge is 0.271 e. The van der Waals surface area contributed by atoms with Crippen molar-refractivity contribution in [1.29, 1.82) is 0 Å². The summed E-state index contributed by atoms with van der Waals surface area (Å²) >= 11 is 1.44. The summed E-state index contributed by atoms with van der Waals surface area (Å²) in [4.78, 5) is 15.8. The third kappa shape index (κ3) is 2.45. The molecule has 1 N–H and O–H groups in total. The van der Waals surface area contributed by atoms with Crippen molar-refractivity contribution >= 4 is 17.2 Å². The van der Waals surface area contributed by atoms with Crippen molar-refractivity contribution in [2.45, 2.75) is 31.7 Å². The summed E-state index contributed by atoms with van der Waals surface area (Å²) in [5, 5.41) is 4.83.